The third kappa shape index (κ3) is 3.74. The SMILES string of the molecule is Cc1nc2ccc(CNCCN)cn2c1-c1nc(-c2ccccc2)c(-c2nnc[nH]2)s1. The quantitative estimate of drug-likeness (QED) is 0.342. The summed E-state index contributed by atoms with van der Waals surface area (Å²) < 4.78 is 2.12. The van der Waals surface area contributed by atoms with Gasteiger partial charge in [0.05, 0.1) is 11.4 Å². The molecule has 4 heterocycles. The number of aryl methyl sites for hydroxylation is 1. The molecule has 0 atom stereocenters. The molecule has 31 heavy (non-hydrogen) atoms. The molecule has 0 saturated carbocycles. The van der Waals surface area contributed by atoms with E-state index < -0.39 is 0 Å². The van der Waals surface area contributed by atoms with Crippen LogP contribution in [0.5, 0.6) is 0 Å². The Labute approximate surface area is 183 Å². The summed E-state index contributed by atoms with van der Waals surface area (Å²) in [4.78, 5) is 13.9. The van der Waals surface area contributed by atoms with Gasteiger partial charge in [-0.05, 0) is 18.6 Å². The number of aromatic nitrogens is 6. The van der Waals surface area contributed by atoms with Crippen LogP contribution in [0.4, 0.5) is 0 Å². The van der Waals surface area contributed by atoms with Gasteiger partial charge in [-0.2, -0.15) is 0 Å². The Morgan fingerprint density at radius 2 is 2.00 bits per heavy atom. The molecular formula is C22H22N8S. The summed E-state index contributed by atoms with van der Waals surface area (Å²) >= 11 is 1.59. The van der Waals surface area contributed by atoms with Gasteiger partial charge >= 0.3 is 0 Å². The van der Waals surface area contributed by atoms with E-state index in [1.54, 1.807) is 17.7 Å². The van der Waals surface area contributed by atoms with Crippen LogP contribution < -0.4 is 11.1 Å². The van der Waals surface area contributed by atoms with E-state index in [2.05, 4.69) is 49.3 Å². The summed E-state index contributed by atoms with van der Waals surface area (Å²) in [5, 5.41) is 12.4. The van der Waals surface area contributed by atoms with E-state index in [4.69, 9.17) is 15.7 Å². The molecule has 0 aliphatic heterocycles. The second kappa shape index (κ2) is 8.38. The van der Waals surface area contributed by atoms with Crippen molar-refractivity contribution in [1.29, 1.82) is 0 Å². The molecule has 4 aromatic heterocycles. The topological polar surface area (TPSA) is 110 Å². The predicted octanol–water partition coefficient (Wildman–Crippen LogP) is 3.27. The summed E-state index contributed by atoms with van der Waals surface area (Å²) in [6.45, 7) is 4.16. The number of aromatic amines is 1. The Morgan fingerprint density at radius 1 is 1.13 bits per heavy atom. The minimum atomic E-state index is 0.615. The third-order valence-electron chi connectivity index (χ3n) is 5.01. The minimum Gasteiger partial charge on any atom is -0.329 e. The molecule has 0 saturated heterocycles. The number of benzene rings is 1. The number of fused-ring (bicyclic) bond motifs is 1. The van der Waals surface area contributed by atoms with Gasteiger partial charge in [0, 0.05) is 31.4 Å². The summed E-state index contributed by atoms with van der Waals surface area (Å²) in [6.07, 6.45) is 3.70. The maximum Gasteiger partial charge on any atom is 0.173 e. The van der Waals surface area contributed by atoms with Crippen LogP contribution in [0.25, 0.3) is 38.3 Å². The molecule has 0 bridgehead atoms. The maximum atomic E-state index is 5.59. The van der Waals surface area contributed by atoms with Gasteiger partial charge in [-0.3, -0.25) is 4.40 Å². The molecule has 5 aromatic rings. The molecule has 1 aromatic carbocycles. The molecule has 0 radical (unpaired) electrons. The Bertz CT molecular complexity index is 1300. The zero-order valence-corrected chi connectivity index (χ0v) is 17.9. The van der Waals surface area contributed by atoms with Crippen LogP contribution in [-0.4, -0.2) is 42.6 Å². The van der Waals surface area contributed by atoms with E-state index in [1.807, 2.05) is 31.2 Å². The predicted molar refractivity (Wildman–Crippen MR) is 123 cm³/mol. The van der Waals surface area contributed by atoms with Crippen molar-refractivity contribution < 1.29 is 0 Å². The summed E-state index contributed by atoms with van der Waals surface area (Å²) in [6, 6.07) is 14.3. The van der Waals surface area contributed by atoms with Gasteiger partial charge in [0.15, 0.2) is 5.82 Å². The summed E-state index contributed by atoms with van der Waals surface area (Å²) in [5.41, 5.74) is 11.5. The smallest absolute Gasteiger partial charge is 0.173 e. The number of imidazole rings is 1. The molecule has 0 amide bonds. The number of pyridine rings is 1. The van der Waals surface area contributed by atoms with E-state index >= 15 is 0 Å². The van der Waals surface area contributed by atoms with Crippen LogP contribution in [0.1, 0.15) is 11.3 Å². The molecule has 0 aliphatic carbocycles. The van der Waals surface area contributed by atoms with E-state index in [9.17, 15) is 0 Å². The molecule has 0 spiro atoms. The highest BCUT2D eigenvalue weighted by molar-refractivity contribution is 7.18. The first kappa shape index (κ1) is 19.6. The lowest BCUT2D eigenvalue weighted by atomic mass is 10.1. The maximum absolute atomic E-state index is 5.59. The fourth-order valence-corrected chi connectivity index (χ4v) is 4.72. The highest BCUT2D eigenvalue weighted by atomic mass is 32.1. The van der Waals surface area contributed by atoms with Crippen LogP contribution in [0, 0.1) is 6.92 Å². The number of H-pyrrole nitrogens is 1. The van der Waals surface area contributed by atoms with E-state index in [-0.39, 0.29) is 0 Å². The first-order chi connectivity index (χ1) is 15.2. The van der Waals surface area contributed by atoms with Crippen LogP contribution in [-0.2, 0) is 6.54 Å². The van der Waals surface area contributed by atoms with Gasteiger partial charge < -0.3 is 16.0 Å². The second-order valence-corrected chi connectivity index (χ2v) is 8.18. The molecule has 5 rings (SSSR count). The number of nitrogens with one attached hydrogen (secondary N) is 2. The molecule has 9 heteroatoms. The van der Waals surface area contributed by atoms with Crippen molar-refractivity contribution in [2.45, 2.75) is 13.5 Å². The molecule has 156 valence electrons. The van der Waals surface area contributed by atoms with Gasteiger partial charge in [0.1, 0.15) is 27.6 Å². The van der Waals surface area contributed by atoms with Crippen LogP contribution in [0.2, 0.25) is 0 Å². The Hall–Kier alpha value is -3.40. The summed E-state index contributed by atoms with van der Waals surface area (Å²) in [5.74, 6) is 0.709. The average Bonchev–Trinajstić information content (AvgIpc) is 3.52. The molecule has 0 fully saturated rings. The first-order valence-electron chi connectivity index (χ1n) is 10.1. The lowest BCUT2D eigenvalue weighted by Gasteiger charge is -2.05. The standard InChI is InChI=1S/C22H22N8S/c1-14-19(30-12-15(11-24-10-9-23)7-8-17(30)27-14)22-28-18(16-5-3-2-4-6-16)20(31-22)21-25-13-26-29-21/h2-8,12-13,24H,9-11,23H2,1H3,(H,25,26,29). The highest BCUT2D eigenvalue weighted by Crippen LogP contribution is 2.40. The Kier molecular flexibility index (Phi) is 5.29. The zero-order valence-electron chi connectivity index (χ0n) is 17.0. The van der Waals surface area contributed by atoms with Crippen LogP contribution in [0.15, 0.2) is 55.0 Å². The number of nitrogens with two attached hydrogens (primary N) is 1. The second-order valence-electron chi connectivity index (χ2n) is 7.18. The fraction of sp³-hybridized carbons (Fsp3) is 0.182. The Morgan fingerprint density at radius 3 is 2.77 bits per heavy atom. The summed E-state index contributed by atoms with van der Waals surface area (Å²) in [7, 11) is 0. The number of rotatable bonds is 7. The normalized spacial score (nSPS) is 11.4. The Balaban J connectivity index is 1.65. The average molecular weight is 431 g/mol. The first-order valence-corrected chi connectivity index (χ1v) is 10.9. The van der Waals surface area contributed by atoms with Crippen molar-refractivity contribution in [3.05, 3.63) is 66.2 Å². The lowest BCUT2D eigenvalue weighted by molar-refractivity contribution is 0.692. The molecule has 8 nitrogen and oxygen atoms in total. The van der Waals surface area contributed by atoms with Gasteiger partial charge in [0.25, 0.3) is 0 Å². The van der Waals surface area contributed by atoms with Gasteiger partial charge in [-0.1, -0.05) is 36.4 Å². The molecular weight excluding hydrogens is 408 g/mol. The van der Waals surface area contributed by atoms with Gasteiger partial charge in [-0.25, -0.2) is 9.97 Å². The minimum absolute atomic E-state index is 0.615. The third-order valence-corrected chi connectivity index (χ3v) is 6.08. The van der Waals surface area contributed by atoms with Crippen LogP contribution in [0.3, 0.4) is 0 Å². The van der Waals surface area contributed by atoms with Crippen molar-refractivity contribution in [3.8, 4) is 32.7 Å². The van der Waals surface area contributed by atoms with Crippen molar-refractivity contribution in [3.63, 3.8) is 0 Å². The van der Waals surface area contributed by atoms with Crippen LogP contribution >= 0.6 is 11.3 Å². The monoisotopic (exact) mass is 430 g/mol. The number of hydrogen-bond donors (Lipinski definition) is 3. The van der Waals surface area contributed by atoms with Crippen molar-refractivity contribution in [1.82, 2.24) is 34.9 Å². The molecule has 0 aliphatic rings. The van der Waals surface area contributed by atoms with E-state index in [0.29, 0.717) is 12.4 Å². The molecule has 0 unspecified atom stereocenters. The molecule has 4 N–H and O–H groups in total. The largest absolute Gasteiger partial charge is 0.329 e. The fourth-order valence-electron chi connectivity index (χ4n) is 3.59. The van der Waals surface area contributed by atoms with Crippen molar-refractivity contribution >= 4 is 17.0 Å². The van der Waals surface area contributed by atoms with Crippen molar-refractivity contribution in [2.24, 2.45) is 5.73 Å². The van der Waals surface area contributed by atoms with E-state index in [0.717, 1.165) is 56.8 Å². The zero-order chi connectivity index (χ0) is 21.2. The van der Waals surface area contributed by atoms with Gasteiger partial charge in [0.2, 0.25) is 0 Å². The van der Waals surface area contributed by atoms with E-state index in [1.165, 1.54) is 0 Å². The van der Waals surface area contributed by atoms with Gasteiger partial charge in [-0.15, -0.1) is 21.5 Å². The number of hydrogen-bond acceptors (Lipinski definition) is 7. The van der Waals surface area contributed by atoms with Crippen molar-refractivity contribution in [2.75, 3.05) is 13.1 Å². The lowest BCUT2D eigenvalue weighted by Crippen LogP contribution is -2.21. The number of nitrogens with zero attached hydrogens (tertiary/aromatic N) is 5. The number of thiazole rings is 1. The highest BCUT2D eigenvalue weighted by Gasteiger charge is 2.21.